The van der Waals surface area contributed by atoms with E-state index >= 15 is 0 Å². The molecule has 0 spiro atoms. The molecule has 18 heavy (non-hydrogen) atoms. The Morgan fingerprint density at radius 1 is 1.50 bits per heavy atom. The van der Waals surface area contributed by atoms with Gasteiger partial charge in [-0.25, -0.2) is 0 Å². The number of aromatic nitrogens is 2. The molecule has 0 fully saturated rings. The van der Waals surface area contributed by atoms with E-state index in [-0.39, 0.29) is 11.9 Å². The maximum Gasteiger partial charge on any atom is 0.253 e. The minimum atomic E-state index is -0.186. The van der Waals surface area contributed by atoms with E-state index in [0.29, 0.717) is 10.6 Å². The van der Waals surface area contributed by atoms with Crippen molar-refractivity contribution in [2.45, 2.75) is 19.9 Å². The number of hydrogen-bond acceptors (Lipinski definition) is 2. The lowest BCUT2D eigenvalue weighted by Crippen LogP contribution is -2.26. The number of carbonyl (C=O) groups is 1. The molecule has 0 aliphatic carbocycles. The molecule has 0 aliphatic rings. The first-order valence-electron chi connectivity index (χ1n) is 5.63. The van der Waals surface area contributed by atoms with Gasteiger partial charge in [-0.05, 0) is 31.5 Å². The fraction of sp³-hybridized carbons (Fsp3) is 0.231. The van der Waals surface area contributed by atoms with Gasteiger partial charge in [-0.2, -0.15) is 5.10 Å². The van der Waals surface area contributed by atoms with Gasteiger partial charge in [0.1, 0.15) is 0 Å². The Bertz CT molecular complexity index is 551. The average molecular weight is 264 g/mol. The smallest absolute Gasteiger partial charge is 0.253 e. The van der Waals surface area contributed by atoms with Gasteiger partial charge in [0.05, 0.1) is 22.8 Å². The van der Waals surface area contributed by atoms with Crippen molar-refractivity contribution in [3.8, 4) is 0 Å². The topological polar surface area (TPSA) is 57.8 Å². The maximum absolute atomic E-state index is 12.1. The van der Waals surface area contributed by atoms with E-state index in [0.717, 1.165) is 11.1 Å². The van der Waals surface area contributed by atoms with Gasteiger partial charge in [0.15, 0.2) is 0 Å². The molecule has 0 bridgehead atoms. The summed E-state index contributed by atoms with van der Waals surface area (Å²) in [6.45, 7) is 3.83. The van der Waals surface area contributed by atoms with Crippen LogP contribution in [0.3, 0.4) is 0 Å². The lowest BCUT2D eigenvalue weighted by atomic mass is 10.1. The molecule has 5 heteroatoms. The summed E-state index contributed by atoms with van der Waals surface area (Å²) < 4.78 is 0. The van der Waals surface area contributed by atoms with Gasteiger partial charge >= 0.3 is 0 Å². The third kappa shape index (κ3) is 2.71. The van der Waals surface area contributed by atoms with Gasteiger partial charge < -0.3 is 5.32 Å². The SMILES string of the molecule is Cc1ccc(C(=O)NC(C)c2cn[nH]c2)c(Cl)c1. The Morgan fingerprint density at radius 2 is 2.28 bits per heavy atom. The zero-order valence-corrected chi connectivity index (χ0v) is 11.0. The molecule has 1 aromatic carbocycles. The molecule has 2 N–H and O–H groups in total. The molecule has 0 saturated heterocycles. The molecule has 0 radical (unpaired) electrons. The van der Waals surface area contributed by atoms with Crippen molar-refractivity contribution in [1.82, 2.24) is 15.5 Å². The summed E-state index contributed by atoms with van der Waals surface area (Å²) in [5.74, 6) is -0.186. The van der Waals surface area contributed by atoms with E-state index in [1.807, 2.05) is 19.9 Å². The third-order valence-corrected chi connectivity index (χ3v) is 3.05. The van der Waals surface area contributed by atoms with E-state index < -0.39 is 0 Å². The van der Waals surface area contributed by atoms with Crippen LogP contribution in [0.2, 0.25) is 5.02 Å². The highest BCUT2D eigenvalue weighted by atomic mass is 35.5. The van der Waals surface area contributed by atoms with Crippen LogP contribution in [0, 0.1) is 6.92 Å². The maximum atomic E-state index is 12.1. The fourth-order valence-electron chi connectivity index (χ4n) is 1.66. The second-order valence-electron chi connectivity index (χ2n) is 4.21. The second kappa shape index (κ2) is 5.23. The van der Waals surface area contributed by atoms with Crippen molar-refractivity contribution in [2.24, 2.45) is 0 Å². The summed E-state index contributed by atoms with van der Waals surface area (Å²) in [6.07, 6.45) is 3.43. The zero-order valence-electron chi connectivity index (χ0n) is 10.2. The third-order valence-electron chi connectivity index (χ3n) is 2.74. The molecule has 2 rings (SSSR count). The zero-order chi connectivity index (χ0) is 13.1. The van der Waals surface area contributed by atoms with E-state index in [4.69, 9.17) is 11.6 Å². The van der Waals surface area contributed by atoms with Gasteiger partial charge in [0.25, 0.3) is 5.91 Å². The second-order valence-corrected chi connectivity index (χ2v) is 4.62. The van der Waals surface area contributed by atoms with Crippen molar-refractivity contribution >= 4 is 17.5 Å². The molecule has 1 atom stereocenters. The Kier molecular flexibility index (Phi) is 3.67. The van der Waals surface area contributed by atoms with Crippen molar-refractivity contribution in [3.05, 3.63) is 52.3 Å². The summed E-state index contributed by atoms with van der Waals surface area (Å²) in [5, 5.41) is 9.91. The number of hydrogen-bond donors (Lipinski definition) is 2. The van der Waals surface area contributed by atoms with Crippen LogP contribution in [0.5, 0.6) is 0 Å². The standard InChI is InChI=1S/C13H14ClN3O/c1-8-3-4-11(12(14)5-8)13(18)17-9(2)10-6-15-16-7-10/h3-7,9H,1-2H3,(H,15,16)(H,17,18). The summed E-state index contributed by atoms with van der Waals surface area (Å²) >= 11 is 6.05. The van der Waals surface area contributed by atoms with Crippen LogP contribution in [0.1, 0.15) is 34.5 Å². The first kappa shape index (κ1) is 12.6. The summed E-state index contributed by atoms with van der Waals surface area (Å²) in [7, 11) is 0. The van der Waals surface area contributed by atoms with Crippen molar-refractivity contribution in [3.63, 3.8) is 0 Å². The Morgan fingerprint density at radius 3 is 2.89 bits per heavy atom. The van der Waals surface area contributed by atoms with E-state index in [9.17, 15) is 4.79 Å². The number of benzene rings is 1. The van der Waals surface area contributed by atoms with Gasteiger partial charge in [0.2, 0.25) is 0 Å². The molecule has 0 saturated carbocycles. The predicted molar refractivity (Wildman–Crippen MR) is 70.7 cm³/mol. The first-order chi connectivity index (χ1) is 8.58. The van der Waals surface area contributed by atoms with E-state index in [1.165, 1.54) is 0 Å². The highest BCUT2D eigenvalue weighted by Crippen LogP contribution is 2.19. The summed E-state index contributed by atoms with van der Waals surface area (Å²) in [6, 6.07) is 5.26. The fourth-order valence-corrected chi connectivity index (χ4v) is 1.98. The lowest BCUT2D eigenvalue weighted by Gasteiger charge is -2.13. The minimum Gasteiger partial charge on any atom is -0.345 e. The number of H-pyrrole nitrogens is 1. The number of aromatic amines is 1. The van der Waals surface area contributed by atoms with Crippen LogP contribution in [-0.2, 0) is 0 Å². The molecular weight excluding hydrogens is 250 g/mol. The number of rotatable bonds is 3. The number of nitrogens with zero attached hydrogens (tertiary/aromatic N) is 1. The average Bonchev–Trinajstić information content (AvgIpc) is 2.81. The highest BCUT2D eigenvalue weighted by molar-refractivity contribution is 6.33. The number of amides is 1. The highest BCUT2D eigenvalue weighted by Gasteiger charge is 2.14. The normalized spacial score (nSPS) is 12.2. The number of aryl methyl sites for hydroxylation is 1. The van der Waals surface area contributed by atoms with Gasteiger partial charge in [-0.3, -0.25) is 9.89 Å². The Hall–Kier alpha value is -1.81. The number of nitrogens with one attached hydrogen (secondary N) is 2. The molecule has 4 nitrogen and oxygen atoms in total. The largest absolute Gasteiger partial charge is 0.345 e. The Balaban J connectivity index is 2.12. The van der Waals surface area contributed by atoms with E-state index in [1.54, 1.807) is 24.5 Å². The molecule has 1 amide bonds. The van der Waals surface area contributed by atoms with Crippen molar-refractivity contribution in [2.75, 3.05) is 0 Å². The molecule has 2 aromatic rings. The molecule has 1 aromatic heterocycles. The molecule has 94 valence electrons. The number of carbonyl (C=O) groups excluding carboxylic acids is 1. The monoisotopic (exact) mass is 263 g/mol. The summed E-state index contributed by atoms with van der Waals surface area (Å²) in [5.41, 5.74) is 2.43. The molecular formula is C13H14ClN3O. The van der Waals surface area contributed by atoms with Gasteiger partial charge in [0, 0.05) is 11.8 Å². The summed E-state index contributed by atoms with van der Waals surface area (Å²) in [4.78, 5) is 12.1. The van der Waals surface area contributed by atoms with Crippen LogP contribution in [0.25, 0.3) is 0 Å². The van der Waals surface area contributed by atoms with Crippen molar-refractivity contribution < 1.29 is 4.79 Å². The lowest BCUT2D eigenvalue weighted by molar-refractivity contribution is 0.0940. The van der Waals surface area contributed by atoms with Crippen LogP contribution in [-0.4, -0.2) is 16.1 Å². The Labute approximate surface area is 110 Å². The van der Waals surface area contributed by atoms with Gasteiger partial charge in [-0.15, -0.1) is 0 Å². The quantitative estimate of drug-likeness (QED) is 0.895. The molecule has 1 heterocycles. The minimum absolute atomic E-state index is 0.117. The van der Waals surface area contributed by atoms with Gasteiger partial charge in [-0.1, -0.05) is 17.7 Å². The van der Waals surface area contributed by atoms with Crippen LogP contribution in [0.15, 0.2) is 30.6 Å². The van der Waals surface area contributed by atoms with E-state index in [2.05, 4.69) is 15.5 Å². The van der Waals surface area contributed by atoms with Crippen LogP contribution in [0.4, 0.5) is 0 Å². The van der Waals surface area contributed by atoms with Crippen LogP contribution < -0.4 is 5.32 Å². The van der Waals surface area contributed by atoms with Crippen molar-refractivity contribution in [1.29, 1.82) is 0 Å². The van der Waals surface area contributed by atoms with Crippen LogP contribution >= 0.6 is 11.6 Å². The molecule has 1 unspecified atom stereocenters. The predicted octanol–water partition coefficient (Wildman–Crippen LogP) is 2.86. The number of halogens is 1. The first-order valence-corrected chi connectivity index (χ1v) is 6.01. The molecule has 0 aliphatic heterocycles.